The first-order valence-corrected chi connectivity index (χ1v) is 12.2. The zero-order valence-corrected chi connectivity index (χ0v) is 21.2. The SMILES string of the molecule is CC1(C)OC(=O)C([C@H](c2cc(Br)ccc2OCc2cccc(F)c2)c2c[nH]c3ccccc23)C(=O)O1. The average Bonchev–Trinajstić information content (AvgIpc) is 3.24. The zero-order valence-electron chi connectivity index (χ0n) is 19.6. The number of cyclic esters (lactones) is 2. The van der Waals surface area contributed by atoms with Gasteiger partial charge in [0, 0.05) is 46.9 Å². The molecule has 184 valence electrons. The van der Waals surface area contributed by atoms with Gasteiger partial charge in [0.2, 0.25) is 0 Å². The number of carbonyl (C=O) groups excluding carboxylic acids is 2. The second-order valence-electron chi connectivity index (χ2n) is 9.09. The highest BCUT2D eigenvalue weighted by Gasteiger charge is 2.49. The van der Waals surface area contributed by atoms with E-state index in [2.05, 4.69) is 20.9 Å². The van der Waals surface area contributed by atoms with Crippen molar-refractivity contribution in [3.8, 4) is 5.75 Å². The Morgan fingerprint density at radius 1 is 1.00 bits per heavy atom. The largest absolute Gasteiger partial charge is 0.489 e. The number of halogens is 2. The number of aromatic amines is 1. The van der Waals surface area contributed by atoms with Crippen LogP contribution in [0.3, 0.4) is 0 Å². The summed E-state index contributed by atoms with van der Waals surface area (Å²) in [7, 11) is 0. The summed E-state index contributed by atoms with van der Waals surface area (Å²) >= 11 is 3.51. The highest BCUT2D eigenvalue weighted by molar-refractivity contribution is 9.10. The summed E-state index contributed by atoms with van der Waals surface area (Å²) in [5.74, 6) is -4.67. The molecule has 0 radical (unpaired) electrons. The summed E-state index contributed by atoms with van der Waals surface area (Å²) in [4.78, 5) is 29.7. The Bertz CT molecular complexity index is 1440. The van der Waals surface area contributed by atoms with E-state index in [1.807, 2.05) is 30.3 Å². The van der Waals surface area contributed by atoms with Crippen molar-refractivity contribution in [1.82, 2.24) is 4.98 Å². The molecule has 1 aliphatic heterocycles. The lowest BCUT2D eigenvalue weighted by molar-refractivity contribution is -0.240. The Kier molecular flexibility index (Phi) is 6.30. The molecule has 1 fully saturated rings. The number of hydrogen-bond donors (Lipinski definition) is 1. The normalized spacial score (nSPS) is 16.4. The smallest absolute Gasteiger partial charge is 0.324 e. The number of carbonyl (C=O) groups is 2. The fourth-order valence-corrected chi connectivity index (χ4v) is 4.94. The standard InChI is InChI=1S/C28H23BrFNO5/c1-28(2)35-26(32)25(27(33)36-28)24(21-14-31-22-9-4-3-8-19(21)22)20-13-17(29)10-11-23(20)34-15-16-6-5-7-18(30)12-16/h3-14,24-25,31H,15H2,1-2H3/t24-/m1/s1. The molecule has 36 heavy (non-hydrogen) atoms. The van der Waals surface area contributed by atoms with Crippen LogP contribution in [-0.4, -0.2) is 22.7 Å². The van der Waals surface area contributed by atoms with Gasteiger partial charge in [0.25, 0.3) is 5.79 Å². The molecule has 1 N–H and O–H groups in total. The number of rotatable bonds is 6. The molecule has 1 aromatic heterocycles. The highest BCUT2D eigenvalue weighted by atomic mass is 79.9. The van der Waals surface area contributed by atoms with Crippen LogP contribution in [0.4, 0.5) is 4.39 Å². The molecule has 6 nitrogen and oxygen atoms in total. The van der Waals surface area contributed by atoms with Crippen molar-refractivity contribution >= 4 is 38.8 Å². The summed E-state index contributed by atoms with van der Waals surface area (Å²) in [6, 6.07) is 19.1. The number of aromatic nitrogens is 1. The topological polar surface area (TPSA) is 77.6 Å². The van der Waals surface area contributed by atoms with Crippen LogP contribution in [0.15, 0.2) is 77.4 Å². The van der Waals surface area contributed by atoms with Gasteiger partial charge in [-0.15, -0.1) is 0 Å². The van der Waals surface area contributed by atoms with E-state index in [4.69, 9.17) is 14.2 Å². The van der Waals surface area contributed by atoms with E-state index in [0.717, 1.165) is 20.9 Å². The molecule has 0 spiro atoms. The summed E-state index contributed by atoms with van der Waals surface area (Å²) in [5.41, 5.74) is 2.81. The van der Waals surface area contributed by atoms with Gasteiger partial charge in [0.05, 0.1) is 0 Å². The molecule has 0 amide bonds. The maximum Gasteiger partial charge on any atom is 0.324 e. The van der Waals surface area contributed by atoms with Crippen LogP contribution in [-0.2, 0) is 25.7 Å². The van der Waals surface area contributed by atoms with Gasteiger partial charge in [-0.2, -0.15) is 0 Å². The molecule has 8 heteroatoms. The van der Waals surface area contributed by atoms with Crippen molar-refractivity contribution in [3.05, 3.63) is 99.9 Å². The van der Waals surface area contributed by atoms with Gasteiger partial charge in [0.1, 0.15) is 18.2 Å². The van der Waals surface area contributed by atoms with Crippen molar-refractivity contribution in [3.63, 3.8) is 0 Å². The summed E-state index contributed by atoms with van der Waals surface area (Å²) in [6.45, 7) is 3.14. The number of hydrogen-bond acceptors (Lipinski definition) is 5. The number of esters is 2. The van der Waals surface area contributed by atoms with E-state index in [1.54, 1.807) is 30.5 Å². The predicted molar refractivity (Wildman–Crippen MR) is 135 cm³/mol. The van der Waals surface area contributed by atoms with Crippen LogP contribution in [0.2, 0.25) is 0 Å². The molecule has 0 saturated carbocycles. The van der Waals surface area contributed by atoms with Crippen LogP contribution >= 0.6 is 15.9 Å². The second kappa shape index (κ2) is 9.43. The van der Waals surface area contributed by atoms with Gasteiger partial charge in [-0.25, -0.2) is 4.39 Å². The molecule has 5 rings (SSSR count). The Labute approximate surface area is 215 Å². The number of benzene rings is 3. The average molecular weight is 552 g/mol. The summed E-state index contributed by atoms with van der Waals surface area (Å²) in [5, 5.41) is 0.851. The van der Waals surface area contributed by atoms with Gasteiger partial charge in [-0.05, 0) is 47.5 Å². The van der Waals surface area contributed by atoms with Crippen LogP contribution in [0.5, 0.6) is 5.75 Å². The van der Waals surface area contributed by atoms with Crippen LogP contribution in [0, 0.1) is 11.7 Å². The molecule has 1 atom stereocenters. The Morgan fingerprint density at radius 3 is 2.50 bits per heavy atom. The molecule has 1 saturated heterocycles. The fourth-order valence-electron chi connectivity index (χ4n) is 4.56. The molecular weight excluding hydrogens is 529 g/mol. The van der Waals surface area contributed by atoms with Crippen molar-refractivity contribution < 1.29 is 28.2 Å². The Balaban J connectivity index is 1.64. The Hall–Kier alpha value is -3.65. The van der Waals surface area contributed by atoms with Crippen molar-refractivity contribution in [2.45, 2.75) is 32.2 Å². The van der Waals surface area contributed by atoms with Gasteiger partial charge in [-0.1, -0.05) is 46.3 Å². The lowest BCUT2D eigenvalue weighted by Crippen LogP contribution is -2.48. The van der Waals surface area contributed by atoms with E-state index >= 15 is 0 Å². The maximum absolute atomic E-state index is 13.7. The molecule has 1 aliphatic rings. The lowest BCUT2D eigenvalue weighted by Gasteiger charge is -2.36. The molecule has 0 bridgehead atoms. The molecule has 2 heterocycles. The minimum Gasteiger partial charge on any atom is -0.489 e. The van der Waals surface area contributed by atoms with Gasteiger partial charge >= 0.3 is 11.9 Å². The fraction of sp³-hybridized carbons (Fsp3) is 0.214. The monoisotopic (exact) mass is 551 g/mol. The van der Waals surface area contributed by atoms with E-state index in [0.29, 0.717) is 16.9 Å². The predicted octanol–water partition coefficient (Wildman–Crippen LogP) is 6.23. The zero-order chi connectivity index (χ0) is 25.4. The van der Waals surface area contributed by atoms with Crippen molar-refractivity contribution in [2.24, 2.45) is 5.92 Å². The number of ether oxygens (including phenoxy) is 3. The maximum atomic E-state index is 13.7. The number of fused-ring (bicyclic) bond motifs is 1. The molecular formula is C28H23BrFNO5. The minimum atomic E-state index is -1.36. The van der Waals surface area contributed by atoms with E-state index in [9.17, 15) is 14.0 Å². The van der Waals surface area contributed by atoms with Crippen LogP contribution < -0.4 is 4.74 Å². The first kappa shape index (κ1) is 24.1. The third kappa shape index (κ3) is 4.73. The minimum absolute atomic E-state index is 0.0968. The first-order chi connectivity index (χ1) is 17.2. The van der Waals surface area contributed by atoms with Gasteiger partial charge in [0.15, 0.2) is 5.92 Å². The van der Waals surface area contributed by atoms with Gasteiger partial charge < -0.3 is 19.2 Å². The van der Waals surface area contributed by atoms with E-state index in [1.165, 1.54) is 26.0 Å². The number of nitrogens with one attached hydrogen (secondary N) is 1. The van der Waals surface area contributed by atoms with Crippen LogP contribution in [0.25, 0.3) is 10.9 Å². The third-order valence-electron chi connectivity index (χ3n) is 6.08. The third-order valence-corrected chi connectivity index (χ3v) is 6.57. The molecule has 3 aromatic carbocycles. The lowest BCUT2D eigenvalue weighted by atomic mass is 9.79. The first-order valence-electron chi connectivity index (χ1n) is 11.4. The van der Waals surface area contributed by atoms with Crippen molar-refractivity contribution in [2.75, 3.05) is 0 Å². The summed E-state index contributed by atoms with van der Waals surface area (Å²) in [6.07, 6.45) is 1.78. The quantitative estimate of drug-likeness (QED) is 0.227. The van der Waals surface area contributed by atoms with E-state index in [-0.39, 0.29) is 12.4 Å². The molecule has 0 aliphatic carbocycles. The number of para-hydroxylation sites is 1. The number of H-pyrrole nitrogens is 1. The Morgan fingerprint density at radius 2 is 1.75 bits per heavy atom. The van der Waals surface area contributed by atoms with Gasteiger partial charge in [-0.3, -0.25) is 9.59 Å². The highest BCUT2D eigenvalue weighted by Crippen LogP contribution is 2.44. The second-order valence-corrected chi connectivity index (χ2v) is 10.0. The van der Waals surface area contributed by atoms with Crippen LogP contribution in [0.1, 0.15) is 36.5 Å². The van der Waals surface area contributed by atoms with Crippen molar-refractivity contribution in [1.29, 1.82) is 0 Å². The molecule has 0 unspecified atom stereocenters. The van der Waals surface area contributed by atoms with E-state index < -0.39 is 29.6 Å². The molecule has 4 aromatic rings. The summed E-state index contributed by atoms with van der Waals surface area (Å²) < 4.78 is 31.6.